The summed E-state index contributed by atoms with van der Waals surface area (Å²) in [5.41, 5.74) is 3.72. The summed E-state index contributed by atoms with van der Waals surface area (Å²) in [6.07, 6.45) is 12.0. The van der Waals surface area contributed by atoms with Gasteiger partial charge in [-0.2, -0.15) is 0 Å². The van der Waals surface area contributed by atoms with Crippen molar-refractivity contribution in [3.63, 3.8) is 0 Å². The monoisotopic (exact) mass is 629 g/mol. The molecule has 0 radical (unpaired) electrons. The van der Waals surface area contributed by atoms with Crippen LogP contribution < -0.4 is 15.0 Å². The van der Waals surface area contributed by atoms with Gasteiger partial charge in [-0.25, -0.2) is 14.8 Å². The van der Waals surface area contributed by atoms with Crippen molar-refractivity contribution >= 4 is 17.8 Å². The highest BCUT2D eigenvalue weighted by Crippen LogP contribution is 2.41. The molecule has 0 bridgehead atoms. The summed E-state index contributed by atoms with van der Waals surface area (Å²) < 4.78 is 16.8. The molecule has 1 N–H and O–H groups in total. The van der Waals surface area contributed by atoms with Crippen LogP contribution in [0.5, 0.6) is 5.75 Å². The second-order valence-electron chi connectivity index (χ2n) is 13.6. The number of aryl methyl sites for hydroxylation is 1. The van der Waals surface area contributed by atoms with Crippen LogP contribution >= 0.6 is 0 Å². The molecule has 0 spiro atoms. The van der Waals surface area contributed by atoms with Crippen LogP contribution in [0.3, 0.4) is 0 Å². The predicted molar refractivity (Wildman–Crippen MR) is 175 cm³/mol. The molecule has 0 unspecified atom stereocenters. The zero-order valence-electron chi connectivity index (χ0n) is 27.5. The molecule has 10 nitrogen and oxygen atoms in total. The minimum Gasteiger partial charge on any atom is -0.495 e. The van der Waals surface area contributed by atoms with Crippen LogP contribution in [0.15, 0.2) is 41.1 Å². The van der Waals surface area contributed by atoms with Gasteiger partial charge in [-0.1, -0.05) is 0 Å². The molecular weight excluding hydrogens is 582 g/mol. The Balaban J connectivity index is 1.16. The maximum absolute atomic E-state index is 14.3. The maximum atomic E-state index is 14.3. The largest absolute Gasteiger partial charge is 0.495 e. The van der Waals surface area contributed by atoms with Crippen LogP contribution in [0, 0.1) is 18.8 Å². The predicted octanol–water partition coefficient (Wildman–Crippen LogP) is 7.33. The Bertz CT molecular complexity index is 1500. The van der Waals surface area contributed by atoms with Crippen molar-refractivity contribution in [2.75, 3.05) is 18.6 Å². The molecule has 3 aliphatic rings. The van der Waals surface area contributed by atoms with Crippen molar-refractivity contribution in [2.45, 2.75) is 109 Å². The first-order valence-corrected chi connectivity index (χ1v) is 17.0. The van der Waals surface area contributed by atoms with E-state index >= 15 is 0 Å². The summed E-state index contributed by atoms with van der Waals surface area (Å²) in [6.45, 7) is 6.43. The quantitative estimate of drug-likeness (QED) is 0.248. The lowest BCUT2D eigenvalue weighted by molar-refractivity contribution is -0.124. The number of rotatable bonds is 10. The smallest absolute Gasteiger partial charge is 0.407 e. The molecule has 0 aromatic carbocycles. The normalized spacial score (nSPS) is 23.2. The summed E-state index contributed by atoms with van der Waals surface area (Å²) in [5.74, 6) is 3.41. The van der Waals surface area contributed by atoms with Gasteiger partial charge in [-0.05, 0) is 115 Å². The number of carbonyl (C=O) groups excluding carboxylic acids is 2. The van der Waals surface area contributed by atoms with E-state index in [2.05, 4.69) is 11.4 Å². The molecule has 246 valence electrons. The third-order valence-corrected chi connectivity index (χ3v) is 9.72. The third kappa shape index (κ3) is 7.70. The molecule has 6 rings (SSSR count). The summed E-state index contributed by atoms with van der Waals surface area (Å²) >= 11 is 0. The minimum atomic E-state index is -0.388. The van der Waals surface area contributed by atoms with Crippen LogP contribution in [0.2, 0.25) is 0 Å². The first-order chi connectivity index (χ1) is 22.3. The summed E-state index contributed by atoms with van der Waals surface area (Å²) in [7, 11) is 1.68. The highest BCUT2D eigenvalue weighted by molar-refractivity contribution is 5.94. The fourth-order valence-corrected chi connectivity index (χ4v) is 6.94. The molecule has 2 amide bonds. The molecule has 3 aromatic heterocycles. The van der Waals surface area contributed by atoms with Crippen LogP contribution in [0.1, 0.15) is 107 Å². The number of hydrogen-bond acceptors (Lipinski definition) is 8. The summed E-state index contributed by atoms with van der Waals surface area (Å²) in [4.78, 5) is 42.7. The van der Waals surface area contributed by atoms with Gasteiger partial charge in [0.15, 0.2) is 5.89 Å². The number of methoxy groups -OCH3 is 1. The Morgan fingerprint density at radius 2 is 1.72 bits per heavy atom. The lowest BCUT2D eigenvalue weighted by Crippen LogP contribution is -2.43. The number of aromatic nitrogens is 3. The third-order valence-electron chi connectivity index (χ3n) is 9.72. The van der Waals surface area contributed by atoms with Crippen molar-refractivity contribution in [2.24, 2.45) is 11.8 Å². The molecule has 10 heteroatoms. The van der Waals surface area contributed by atoms with Gasteiger partial charge in [0.1, 0.15) is 29.6 Å². The van der Waals surface area contributed by atoms with E-state index in [0.717, 1.165) is 72.8 Å². The minimum absolute atomic E-state index is 0.0198. The molecule has 3 aliphatic carbocycles. The number of nitrogens with one attached hydrogen (secondary N) is 1. The molecule has 46 heavy (non-hydrogen) atoms. The van der Waals surface area contributed by atoms with Crippen molar-refractivity contribution < 1.29 is 23.5 Å². The molecule has 3 saturated carbocycles. The highest BCUT2D eigenvalue weighted by Gasteiger charge is 2.35. The maximum Gasteiger partial charge on any atom is 0.407 e. The second-order valence-corrected chi connectivity index (χ2v) is 13.6. The molecule has 0 saturated heterocycles. The second kappa shape index (κ2) is 14.2. The van der Waals surface area contributed by atoms with Gasteiger partial charge in [-0.3, -0.25) is 14.7 Å². The van der Waals surface area contributed by atoms with E-state index < -0.39 is 0 Å². The van der Waals surface area contributed by atoms with E-state index in [1.165, 1.54) is 0 Å². The van der Waals surface area contributed by atoms with Gasteiger partial charge in [-0.15, -0.1) is 0 Å². The zero-order valence-corrected chi connectivity index (χ0v) is 27.5. The van der Waals surface area contributed by atoms with Gasteiger partial charge in [0.05, 0.1) is 12.8 Å². The number of hydrogen-bond donors (Lipinski definition) is 1. The van der Waals surface area contributed by atoms with Crippen molar-refractivity contribution in [3.8, 4) is 17.0 Å². The standard InChI is InChI=1S/C36H47N5O5/c1-22(2)38-36(43)46-29-13-11-27(12-14-29)35(42)41(33-19-28(17-18-37-33)31-21-45-34(40-31)26-9-10-26)20-24-5-7-25(8-6-24)30-15-16-32(44-4)23(3)39-30/h15-19,21-22,24-27,29H,5-14,20H2,1-4H3,(H,38,43). The van der Waals surface area contributed by atoms with Crippen LogP contribution in [-0.2, 0) is 9.53 Å². The number of pyridine rings is 2. The number of carbonyl (C=O) groups is 2. The number of oxazole rings is 1. The van der Waals surface area contributed by atoms with Crippen LogP contribution in [0.25, 0.3) is 11.3 Å². The lowest BCUT2D eigenvalue weighted by Gasteiger charge is -2.35. The average molecular weight is 630 g/mol. The number of ether oxygens (including phenoxy) is 2. The van der Waals surface area contributed by atoms with Crippen molar-refractivity contribution in [3.05, 3.63) is 54.0 Å². The molecule has 3 heterocycles. The fraction of sp³-hybridized carbons (Fsp3) is 0.583. The van der Waals surface area contributed by atoms with Crippen molar-refractivity contribution in [1.82, 2.24) is 20.3 Å². The van der Waals surface area contributed by atoms with Crippen LogP contribution in [-0.4, -0.2) is 52.8 Å². The Kier molecular flexibility index (Phi) is 9.89. The van der Waals surface area contributed by atoms with E-state index in [1.807, 2.05) is 43.9 Å². The van der Waals surface area contributed by atoms with Gasteiger partial charge >= 0.3 is 6.09 Å². The Labute approximate surface area is 271 Å². The van der Waals surface area contributed by atoms with Crippen molar-refractivity contribution in [1.29, 1.82) is 0 Å². The molecule has 0 aliphatic heterocycles. The fourth-order valence-electron chi connectivity index (χ4n) is 6.94. The number of amides is 2. The summed E-state index contributed by atoms with van der Waals surface area (Å²) in [5, 5.41) is 2.79. The Hall–Kier alpha value is -3.95. The lowest BCUT2D eigenvalue weighted by atomic mass is 9.79. The van der Waals surface area contributed by atoms with Gasteiger partial charge in [0.2, 0.25) is 5.91 Å². The van der Waals surface area contributed by atoms with E-state index in [1.54, 1.807) is 19.6 Å². The van der Waals surface area contributed by atoms with E-state index in [-0.39, 0.29) is 30.1 Å². The molecule has 3 aromatic rings. The molecule has 3 fully saturated rings. The SMILES string of the molecule is COc1ccc(C2CCC(CN(C(=O)C3CCC(OC(=O)NC(C)C)CC3)c3cc(-c4coc(C5CC5)n4)ccn3)CC2)nc1C. The Morgan fingerprint density at radius 1 is 0.978 bits per heavy atom. The highest BCUT2D eigenvalue weighted by atomic mass is 16.6. The van der Waals surface area contributed by atoms with E-state index in [4.69, 9.17) is 28.8 Å². The molecule has 0 atom stereocenters. The zero-order chi connectivity index (χ0) is 32.2. The van der Waals surface area contributed by atoms with E-state index in [9.17, 15) is 9.59 Å². The summed E-state index contributed by atoms with van der Waals surface area (Å²) in [6, 6.07) is 8.04. The molecular formula is C36H47N5O5. The first-order valence-electron chi connectivity index (χ1n) is 17.0. The van der Waals surface area contributed by atoms with Gasteiger partial charge in [0.25, 0.3) is 0 Å². The first kappa shape index (κ1) is 32.0. The average Bonchev–Trinajstić information content (AvgIpc) is 3.79. The van der Waals surface area contributed by atoms with Crippen LogP contribution in [0.4, 0.5) is 10.6 Å². The van der Waals surface area contributed by atoms with E-state index in [0.29, 0.717) is 55.8 Å². The number of alkyl carbamates (subject to hydrolysis) is 1. The van der Waals surface area contributed by atoms with Gasteiger partial charge in [0, 0.05) is 47.8 Å². The number of anilines is 1. The van der Waals surface area contributed by atoms with Gasteiger partial charge < -0.3 is 19.2 Å². The Morgan fingerprint density at radius 3 is 2.39 bits per heavy atom. The number of nitrogens with zero attached hydrogens (tertiary/aromatic N) is 4. The topological polar surface area (TPSA) is 120 Å².